The van der Waals surface area contributed by atoms with Gasteiger partial charge in [0.25, 0.3) is 0 Å². The van der Waals surface area contributed by atoms with Crippen LogP contribution >= 0.6 is 0 Å². The first-order chi connectivity index (χ1) is 2.00. The predicted molar refractivity (Wildman–Crippen MR) is 30.2 cm³/mol. The SMILES string of the molecule is O=S([O-])([O-])=S.[NH4+].[PbH+]. The molecule has 0 amide bonds. The Balaban J connectivity index is -0.0000000800. The van der Waals surface area contributed by atoms with Crippen LogP contribution in [0.2, 0.25) is 0 Å². The van der Waals surface area contributed by atoms with Crippen LogP contribution in [-0.4, -0.2) is 40.6 Å². The molecule has 0 rings (SSSR count). The Labute approximate surface area is 66.8 Å². The third kappa shape index (κ3) is 140. The Morgan fingerprint density at radius 2 is 1.43 bits per heavy atom. The van der Waals surface area contributed by atoms with E-state index in [1.165, 1.54) is 0 Å². The summed E-state index contributed by atoms with van der Waals surface area (Å²) < 4.78 is 26.7. The zero-order chi connectivity index (χ0) is 4.50. The summed E-state index contributed by atoms with van der Waals surface area (Å²) >= 11 is 3.24. The van der Waals surface area contributed by atoms with Crippen molar-refractivity contribution in [1.29, 1.82) is 0 Å². The maximum absolute atomic E-state index is 8.89. The fraction of sp³-hybridized carbons (Fsp3) is 0. The van der Waals surface area contributed by atoms with E-state index in [4.69, 9.17) is 13.3 Å². The molecule has 0 aliphatic carbocycles. The second kappa shape index (κ2) is 5.31. The van der Waals surface area contributed by atoms with Gasteiger partial charge in [0.15, 0.2) is 0 Å². The van der Waals surface area contributed by atoms with Gasteiger partial charge >= 0.3 is 27.3 Å². The van der Waals surface area contributed by atoms with Crippen LogP contribution in [0.15, 0.2) is 0 Å². The summed E-state index contributed by atoms with van der Waals surface area (Å²) in [6.45, 7) is 0. The van der Waals surface area contributed by atoms with Crippen LogP contribution in [0, 0.1) is 0 Å². The van der Waals surface area contributed by atoms with Gasteiger partial charge in [0.05, 0.1) is 0 Å². The van der Waals surface area contributed by atoms with Gasteiger partial charge in [0, 0.05) is 0 Å². The molecule has 0 spiro atoms. The molecule has 0 aromatic heterocycles. The van der Waals surface area contributed by atoms with Crippen molar-refractivity contribution in [2.75, 3.05) is 0 Å². The van der Waals surface area contributed by atoms with Gasteiger partial charge in [-0.2, -0.15) is 0 Å². The van der Waals surface area contributed by atoms with E-state index in [0.29, 0.717) is 0 Å². The molecule has 44 valence electrons. The van der Waals surface area contributed by atoms with Crippen molar-refractivity contribution in [2.45, 2.75) is 0 Å². The minimum atomic E-state index is -4.33. The molecule has 0 unspecified atom stereocenters. The van der Waals surface area contributed by atoms with Crippen molar-refractivity contribution in [1.82, 2.24) is 6.15 Å². The van der Waals surface area contributed by atoms with Crippen LogP contribution < -0.4 is 6.15 Å². The van der Waals surface area contributed by atoms with E-state index >= 15 is 0 Å². The second-order valence-electron chi connectivity index (χ2n) is 0.408. The molecule has 0 aromatic rings. The quantitative estimate of drug-likeness (QED) is 0.556. The first-order valence-corrected chi connectivity index (χ1v) is 3.00. The summed E-state index contributed by atoms with van der Waals surface area (Å²) in [6.07, 6.45) is 0. The molecule has 2 radical (unpaired) electrons. The Hall–Kier alpha value is 1.17. The number of hydrogen-bond donors (Lipinski definition) is 1. The number of hydrogen-bond acceptors (Lipinski definition) is 4. The second-order valence-corrected chi connectivity index (χ2v) is 2.45. The standard InChI is InChI=1S/H3N.H2O3S2.Pb.H/c;1-5(2,3)4;;/h1H3;(H2,1,2,3,4);;/q;;+1;/p-1. The van der Waals surface area contributed by atoms with Crippen molar-refractivity contribution in [3.05, 3.63) is 0 Å². The molecule has 0 bridgehead atoms. The van der Waals surface area contributed by atoms with E-state index in [-0.39, 0.29) is 33.4 Å². The number of rotatable bonds is 0. The molecule has 0 aliphatic heterocycles. The molecular formula is H5NO3PbS2. The normalized spacial score (nSPS) is 8.29. The molecule has 0 saturated heterocycles. The first kappa shape index (κ1) is 15.7. The molecule has 7 heavy (non-hydrogen) atoms. The van der Waals surface area contributed by atoms with Gasteiger partial charge in [-0.1, -0.05) is 0 Å². The van der Waals surface area contributed by atoms with Crippen molar-refractivity contribution < 1.29 is 13.3 Å². The van der Waals surface area contributed by atoms with Crippen LogP contribution in [0.5, 0.6) is 0 Å². The van der Waals surface area contributed by atoms with Crippen LogP contribution in [0.4, 0.5) is 0 Å². The fourth-order valence-corrected chi connectivity index (χ4v) is 0. The summed E-state index contributed by atoms with van der Waals surface area (Å²) in [4.78, 5) is 0. The van der Waals surface area contributed by atoms with Crippen LogP contribution in [-0.2, 0) is 20.2 Å². The van der Waals surface area contributed by atoms with E-state index in [1.54, 1.807) is 0 Å². The van der Waals surface area contributed by atoms with Crippen molar-refractivity contribution >= 4 is 47.5 Å². The first-order valence-electron chi connectivity index (χ1n) is 0.667. The minimum absolute atomic E-state index is 0. The third-order valence-corrected chi connectivity index (χ3v) is 0. The van der Waals surface area contributed by atoms with Crippen LogP contribution in [0.1, 0.15) is 0 Å². The van der Waals surface area contributed by atoms with Gasteiger partial charge in [-0.25, -0.2) is 0 Å². The summed E-state index contributed by atoms with van der Waals surface area (Å²) in [5.41, 5.74) is 0. The third-order valence-electron chi connectivity index (χ3n) is 0. The van der Waals surface area contributed by atoms with E-state index in [1.807, 2.05) is 0 Å². The van der Waals surface area contributed by atoms with Crippen molar-refractivity contribution in [3.8, 4) is 0 Å². The molecule has 0 aromatic carbocycles. The average Bonchev–Trinajstić information content (AvgIpc) is 0.722. The molecular weight excluding hydrogens is 333 g/mol. The Bertz CT molecular complexity index is 96.1. The zero-order valence-corrected chi connectivity index (χ0v) is 9.74. The Kier molecular flexibility index (Phi) is 11.9. The molecule has 4 nitrogen and oxygen atoms in total. The molecule has 7 heteroatoms. The van der Waals surface area contributed by atoms with E-state index in [2.05, 4.69) is 11.2 Å². The van der Waals surface area contributed by atoms with Crippen LogP contribution in [0.3, 0.4) is 0 Å². The maximum atomic E-state index is 8.89. The van der Waals surface area contributed by atoms with Gasteiger partial charge in [0.1, 0.15) is 0 Å². The topological polar surface area (TPSA) is 99.7 Å². The van der Waals surface area contributed by atoms with Crippen molar-refractivity contribution in [2.24, 2.45) is 0 Å². The predicted octanol–water partition coefficient (Wildman–Crippen LogP) is -1.28. The summed E-state index contributed by atoms with van der Waals surface area (Å²) in [5, 5.41) is 0. The molecule has 0 heterocycles. The molecule has 4 N–H and O–H groups in total. The Morgan fingerprint density at radius 1 is 1.43 bits per heavy atom. The van der Waals surface area contributed by atoms with Gasteiger partial charge in [-0.15, -0.1) is 9.05 Å². The van der Waals surface area contributed by atoms with Gasteiger partial charge in [0.2, 0.25) is 0 Å². The van der Waals surface area contributed by atoms with Crippen LogP contribution in [0.25, 0.3) is 0 Å². The molecule has 0 fully saturated rings. The summed E-state index contributed by atoms with van der Waals surface area (Å²) in [6, 6.07) is 0. The van der Waals surface area contributed by atoms with Crippen molar-refractivity contribution in [3.63, 3.8) is 0 Å². The van der Waals surface area contributed by atoms with E-state index in [9.17, 15) is 0 Å². The molecule has 0 atom stereocenters. The van der Waals surface area contributed by atoms with Gasteiger partial charge in [-0.05, 0) is 11.2 Å². The molecule has 0 aliphatic rings. The van der Waals surface area contributed by atoms with E-state index < -0.39 is 9.05 Å². The summed E-state index contributed by atoms with van der Waals surface area (Å²) in [7, 11) is -4.33. The monoisotopic (exact) mass is 339 g/mol. The summed E-state index contributed by atoms with van der Waals surface area (Å²) in [5.74, 6) is 0. The molecule has 0 saturated carbocycles. The average molecular weight is 338 g/mol. The van der Waals surface area contributed by atoms with Gasteiger partial charge < -0.3 is 15.3 Å². The number of quaternary nitrogens is 1. The Morgan fingerprint density at radius 3 is 1.43 bits per heavy atom. The fourth-order valence-electron chi connectivity index (χ4n) is 0. The van der Waals surface area contributed by atoms with E-state index in [0.717, 1.165) is 0 Å². The zero-order valence-electron chi connectivity index (χ0n) is 3.62. The van der Waals surface area contributed by atoms with Gasteiger partial charge in [-0.3, -0.25) is 4.21 Å².